The second-order valence-electron chi connectivity index (χ2n) is 4.57. The molecule has 0 radical (unpaired) electrons. The van der Waals surface area contributed by atoms with Crippen molar-refractivity contribution in [3.05, 3.63) is 0 Å². The lowest BCUT2D eigenvalue weighted by Crippen LogP contribution is -2.51. The predicted octanol–water partition coefficient (Wildman–Crippen LogP) is 2.08. The molecule has 5 nitrogen and oxygen atoms in total. The minimum Gasteiger partial charge on any atom is -0.480 e. The summed E-state index contributed by atoms with van der Waals surface area (Å²) in [7, 11) is 0. The molecule has 3 unspecified atom stereocenters. The highest BCUT2D eigenvalue weighted by Gasteiger charge is 2.41. The van der Waals surface area contributed by atoms with E-state index in [0.717, 1.165) is 12.8 Å². The number of thioether (sulfide) groups is 2. The quantitative estimate of drug-likeness (QED) is 0.786. The molecule has 0 aliphatic carbocycles. The van der Waals surface area contributed by atoms with Crippen molar-refractivity contribution in [3.63, 3.8) is 0 Å². The second-order valence-corrected chi connectivity index (χ2v) is 7.06. The first-order chi connectivity index (χ1) is 9.01. The number of carboxylic acids is 1. The summed E-state index contributed by atoms with van der Waals surface area (Å²) in [6.45, 7) is 4.63. The topological polar surface area (TPSA) is 69.6 Å². The highest BCUT2D eigenvalue weighted by atomic mass is 32.2. The summed E-state index contributed by atoms with van der Waals surface area (Å²) in [6.07, 6.45) is 3.76. The zero-order chi connectivity index (χ0) is 14.4. The van der Waals surface area contributed by atoms with Crippen LogP contribution in [-0.2, 0) is 4.79 Å². The molecular formula is C12H22N2O3S2. The molecule has 0 aromatic carbocycles. The molecule has 2 N–H and O–H groups in total. The molecule has 1 heterocycles. The maximum absolute atomic E-state index is 12.2. The van der Waals surface area contributed by atoms with E-state index in [1.54, 1.807) is 23.5 Å². The van der Waals surface area contributed by atoms with Crippen molar-refractivity contribution < 1.29 is 14.7 Å². The molecule has 0 saturated carbocycles. The average molecular weight is 306 g/mol. The Bertz CT molecular complexity index is 328. The van der Waals surface area contributed by atoms with Gasteiger partial charge in [0.15, 0.2) is 0 Å². The van der Waals surface area contributed by atoms with E-state index in [9.17, 15) is 14.7 Å². The van der Waals surface area contributed by atoms with Gasteiger partial charge in [0.2, 0.25) is 0 Å². The molecule has 1 saturated heterocycles. The Hall–Kier alpha value is -0.560. The number of carboxylic acid groups (broad SMARTS) is 1. The van der Waals surface area contributed by atoms with Gasteiger partial charge in [-0.25, -0.2) is 9.59 Å². The monoisotopic (exact) mass is 306 g/mol. The fraction of sp³-hybridized carbons (Fsp3) is 0.833. The summed E-state index contributed by atoms with van der Waals surface area (Å²) in [4.78, 5) is 24.9. The molecule has 19 heavy (non-hydrogen) atoms. The summed E-state index contributed by atoms with van der Waals surface area (Å²) in [5.41, 5.74) is 0. The first-order valence-electron chi connectivity index (χ1n) is 6.44. The summed E-state index contributed by atoms with van der Waals surface area (Å²) >= 11 is 3.23. The van der Waals surface area contributed by atoms with Crippen LogP contribution in [0.1, 0.15) is 26.7 Å². The van der Waals surface area contributed by atoms with Crippen molar-refractivity contribution in [1.82, 2.24) is 10.2 Å². The standard InChI is InChI=1S/C12H22N2O3S2/c1-4-5-10-14(9(7-19-10)11(15)16)12(17)13-6-8(2)18-3/h8-10H,4-7H2,1-3H3,(H,13,17)(H,15,16). The first kappa shape index (κ1) is 16.5. The number of carbonyl (C=O) groups is 2. The van der Waals surface area contributed by atoms with E-state index in [4.69, 9.17) is 0 Å². The Morgan fingerprint density at radius 3 is 2.79 bits per heavy atom. The van der Waals surface area contributed by atoms with Gasteiger partial charge in [0.25, 0.3) is 0 Å². The van der Waals surface area contributed by atoms with Crippen molar-refractivity contribution >= 4 is 35.5 Å². The Kier molecular flexibility index (Phi) is 6.85. The number of urea groups is 1. The van der Waals surface area contributed by atoms with Gasteiger partial charge in [-0.05, 0) is 12.7 Å². The fourth-order valence-corrected chi connectivity index (χ4v) is 3.66. The van der Waals surface area contributed by atoms with Crippen molar-refractivity contribution in [2.24, 2.45) is 0 Å². The van der Waals surface area contributed by atoms with Gasteiger partial charge >= 0.3 is 12.0 Å². The third-order valence-electron chi connectivity index (χ3n) is 3.09. The van der Waals surface area contributed by atoms with Crippen molar-refractivity contribution in [2.75, 3.05) is 18.6 Å². The van der Waals surface area contributed by atoms with Crippen LogP contribution in [0.25, 0.3) is 0 Å². The van der Waals surface area contributed by atoms with Crippen molar-refractivity contribution in [3.8, 4) is 0 Å². The summed E-state index contributed by atoms with van der Waals surface area (Å²) in [5, 5.41) is 12.3. The van der Waals surface area contributed by atoms with Crippen LogP contribution >= 0.6 is 23.5 Å². The van der Waals surface area contributed by atoms with E-state index in [-0.39, 0.29) is 11.4 Å². The molecule has 1 aliphatic heterocycles. The molecule has 0 aromatic rings. The number of nitrogens with zero attached hydrogens (tertiary/aromatic N) is 1. The maximum atomic E-state index is 12.2. The Morgan fingerprint density at radius 1 is 1.58 bits per heavy atom. The number of hydrogen-bond donors (Lipinski definition) is 2. The Morgan fingerprint density at radius 2 is 2.26 bits per heavy atom. The lowest BCUT2D eigenvalue weighted by atomic mass is 10.2. The number of nitrogens with one attached hydrogen (secondary N) is 1. The van der Waals surface area contributed by atoms with Gasteiger partial charge in [0.1, 0.15) is 6.04 Å². The Balaban J connectivity index is 2.66. The van der Waals surface area contributed by atoms with Gasteiger partial charge in [0.05, 0.1) is 5.37 Å². The van der Waals surface area contributed by atoms with Crippen LogP contribution in [0.3, 0.4) is 0 Å². The van der Waals surface area contributed by atoms with E-state index < -0.39 is 12.0 Å². The van der Waals surface area contributed by atoms with E-state index in [1.807, 2.05) is 20.1 Å². The van der Waals surface area contributed by atoms with Crippen LogP contribution in [0.2, 0.25) is 0 Å². The molecule has 1 aliphatic rings. The van der Waals surface area contributed by atoms with Crippen LogP contribution < -0.4 is 5.32 Å². The summed E-state index contributed by atoms with van der Waals surface area (Å²) in [6, 6.07) is -0.956. The highest BCUT2D eigenvalue weighted by molar-refractivity contribution is 8.00. The van der Waals surface area contributed by atoms with Crippen LogP contribution in [0.15, 0.2) is 0 Å². The van der Waals surface area contributed by atoms with Crippen LogP contribution in [0.4, 0.5) is 4.79 Å². The van der Waals surface area contributed by atoms with Gasteiger partial charge in [-0.2, -0.15) is 11.8 Å². The molecule has 1 rings (SSSR count). The second kappa shape index (κ2) is 7.89. The highest BCUT2D eigenvalue weighted by Crippen LogP contribution is 2.32. The molecule has 0 aromatic heterocycles. The number of aliphatic carboxylic acids is 1. The molecule has 0 spiro atoms. The van der Waals surface area contributed by atoms with Gasteiger partial charge in [-0.15, -0.1) is 11.8 Å². The van der Waals surface area contributed by atoms with Gasteiger partial charge in [-0.3, -0.25) is 4.90 Å². The first-order valence-corrected chi connectivity index (χ1v) is 8.78. The largest absolute Gasteiger partial charge is 0.480 e. The summed E-state index contributed by atoms with van der Waals surface area (Å²) < 4.78 is 0. The molecule has 0 bridgehead atoms. The van der Waals surface area contributed by atoms with E-state index in [0.29, 0.717) is 17.5 Å². The average Bonchev–Trinajstić information content (AvgIpc) is 2.80. The van der Waals surface area contributed by atoms with Gasteiger partial charge in [0, 0.05) is 17.5 Å². The third-order valence-corrected chi connectivity index (χ3v) is 5.42. The van der Waals surface area contributed by atoms with E-state index >= 15 is 0 Å². The number of carbonyl (C=O) groups excluding carboxylic acids is 1. The molecule has 3 atom stereocenters. The zero-order valence-corrected chi connectivity index (χ0v) is 13.2. The molecule has 1 fully saturated rings. The lowest BCUT2D eigenvalue weighted by molar-refractivity contribution is -0.141. The minimum absolute atomic E-state index is 0.0179. The Labute approximate surface area is 122 Å². The lowest BCUT2D eigenvalue weighted by Gasteiger charge is -2.27. The number of hydrogen-bond acceptors (Lipinski definition) is 4. The number of amides is 2. The van der Waals surface area contributed by atoms with E-state index in [2.05, 4.69) is 5.32 Å². The van der Waals surface area contributed by atoms with Crippen molar-refractivity contribution in [1.29, 1.82) is 0 Å². The molecule has 7 heteroatoms. The third kappa shape index (κ3) is 4.49. The predicted molar refractivity (Wildman–Crippen MR) is 80.8 cm³/mol. The maximum Gasteiger partial charge on any atom is 0.327 e. The molecular weight excluding hydrogens is 284 g/mol. The van der Waals surface area contributed by atoms with Gasteiger partial charge < -0.3 is 10.4 Å². The number of rotatable bonds is 6. The molecule has 2 amide bonds. The van der Waals surface area contributed by atoms with Crippen molar-refractivity contribution in [2.45, 2.75) is 43.4 Å². The smallest absolute Gasteiger partial charge is 0.327 e. The molecule has 110 valence electrons. The van der Waals surface area contributed by atoms with Crippen LogP contribution in [-0.4, -0.2) is 57.2 Å². The van der Waals surface area contributed by atoms with E-state index in [1.165, 1.54) is 4.90 Å². The summed E-state index contributed by atoms with van der Waals surface area (Å²) in [5.74, 6) is -0.440. The van der Waals surface area contributed by atoms with Crippen LogP contribution in [0, 0.1) is 0 Å². The SMILES string of the molecule is CCCC1SCC(C(=O)O)N1C(=O)NCC(C)SC. The fourth-order valence-electron chi connectivity index (χ4n) is 1.90. The normalized spacial score (nSPS) is 24.3. The van der Waals surface area contributed by atoms with Gasteiger partial charge in [-0.1, -0.05) is 20.3 Å². The van der Waals surface area contributed by atoms with Crippen LogP contribution in [0.5, 0.6) is 0 Å². The minimum atomic E-state index is -0.917. The zero-order valence-electron chi connectivity index (χ0n) is 11.6.